The van der Waals surface area contributed by atoms with Crippen molar-refractivity contribution in [2.75, 3.05) is 0 Å². The first-order chi connectivity index (χ1) is 3.91. The SMILES string of the molecule is CC/C=C/C=C/C=O. The van der Waals surface area contributed by atoms with E-state index in [0.717, 1.165) is 12.7 Å². The Hall–Kier alpha value is -0.850. The van der Waals surface area contributed by atoms with Gasteiger partial charge in [0.15, 0.2) is 0 Å². The van der Waals surface area contributed by atoms with Crippen LogP contribution in [0.15, 0.2) is 24.3 Å². The van der Waals surface area contributed by atoms with Gasteiger partial charge in [0.2, 0.25) is 0 Å². The lowest BCUT2D eigenvalue weighted by Crippen LogP contribution is -1.56. The van der Waals surface area contributed by atoms with Crippen molar-refractivity contribution in [2.45, 2.75) is 13.3 Å². The monoisotopic (exact) mass is 110 g/mol. The number of carbonyl (C=O) groups is 1. The maximum absolute atomic E-state index is 9.65. The highest BCUT2D eigenvalue weighted by Crippen LogP contribution is 1.79. The highest BCUT2D eigenvalue weighted by Gasteiger charge is 1.61. The second kappa shape index (κ2) is 6.15. The minimum absolute atomic E-state index is 0.764. The highest BCUT2D eigenvalue weighted by molar-refractivity contribution is 5.65. The van der Waals surface area contributed by atoms with E-state index in [-0.39, 0.29) is 0 Å². The van der Waals surface area contributed by atoms with Crippen molar-refractivity contribution in [1.82, 2.24) is 0 Å². The summed E-state index contributed by atoms with van der Waals surface area (Å²) in [6.45, 7) is 2.05. The van der Waals surface area contributed by atoms with Crippen molar-refractivity contribution in [3.63, 3.8) is 0 Å². The summed E-state index contributed by atoms with van der Waals surface area (Å²) in [5.74, 6) is 0. The lowest BCUT2D eigenvalue weighted by atomic mass is 10.4. The van der Waals surface area contributed by atoms with Gasteiger partial charge in [0.1, 0.15) is 6.29 Å². The first-order valence-corrected chi connectivity index (χ1v) is 2.68. The first kappa shape index (κ1) is 7.15. The third-order valence-electron chi connectivity index (χ3n) is 0.673. The number of carbonyl (C=O) groups excluding carboxylic acids is 1. The first-order valence-electron chi connectivity index (χ1n) is 2.68. The molecule has 1 nitrogen and oxygen atoms in total. The standard InChI is InChI=1S/C7H10O/c1-2-3-4-5-6-7-8/h3-7H,2H2,1H3/b4-3+,6-5+. The van der Waals surface area contributed by atoms with Crippen LogP contribution < -0.4 is 0 Å². The van der Waals surface area contributed by atoms with E-state index in [1.165, 1.54) is 6.08 Å². The molecular formula is C7H10O. The van der Waals surface area contributed by atoms with E-state index in [0.29, 0.717) is 0 Å². The van der Waals surface area contributed by atoms with Crippen molar-refractivity contribution in [2.24, 2.45) is 0 Å². The summed E-state index contributed by atoms with van der Waals surface area (Å²) in [5.41, 5.74) is 0. The van der Waals surface area contributed by atoms with Gasteiger partial charge in [-0.25, -0.2) is 0 Å². The minimum atomic E-state index is 0.764. The lowest BCUT2D eigenvalue weighted by molar-refractivity contribution is -0.104. The van der Waals surface area contributed by atoms with Crippen LogP contribution in [0, 0.1) is 0 Å². The molecule has 0 aromatic rings. The quantitative estimate of drug-likeness (QED) is 0.307. The molecule has 0 heterocycles. The van der Waals surface area contributed by atoms with E-state index in [9.17, 15) is 4.79 Å². The maximum Gasteiger partial charge on any atom is 0.142 e. The second-order valence-electron chi connectivity index (χ2n) is 1.36. The molecule has 0 aliphatic carbocycles. The predicted octanol–water partition coefficient (Wildman–Crippen LogP) is 1.71. The molecule has 0 aliphatic rings. The van der Waals surface area contributed by atoms with Crippen LogP contribution in [0.4, 0.5) is 0 Å². The fraction of sp³-hybridized carbons (Fsp3) is 0.286. The van der Waals surface area contributed by atoms with E-state index in [1.54, 1.807) is 6.08 Å². The molecule has 0 N–H and O–H groups in total. The molecule has 0 saturated carbocycles. The predicted molar refractivity (Wildman–Crippen MR) is 34.6 cm³/mol. The summed E-state index contributed by atoms with van der Waals surface area (Å²) in [6, 6.07) is 0. The zero-order valence-corrected chi connectivity index (χ0v) is 5.00. The third-order valence-corrected chi connectivity index (χ3v) is 0.673. The fourth-order valence-corrected chi connectivity index (χ4v) is 0.324. The highest BCUT2D eigenvalue weighted by atomic mass is 16.1. The number of hydrogen-bond acceptors (Lipinski definition) is 1. The molecule has 44 valence electrons. The molecule has 0 unspecified atom stereocenters. The van der Waals surface area contributed by atoms with Gasteiger partial charge in [0.05, 0.1) is 0 Å². The summed E-state index contributed by atoms with van der Waals surface area (Å²) in [6.07, 6.45) is 8.81. The second-order valence-corrected chi connectivity index (χ2v) is 1.36. The van der Waals surface area contributed by atoms with Crippen LogP contribution in [0.25, 0.3) is 0 Å². The van der Waals surface area contributed by atoms with Crippen LogP contribution in [0.2, 0.25) is 0 Å². The summed E-state index contributed by atoms with van der Waals surface area (Å²) in [7, 11) is 0. The van der Waals surface area contributed by atoms with Crippen LogP contribution >= 0.6 is 0 Å². The largest absolute Gasteiger partial charge is 0.299 e. The van der Waals surface area contributed by atoms with Crippen LogP contribution in [-0.2, 0) is 4.79 Å². The average molecular weight is 110 g/mol. The van der Waals surface area contributed by atoms with Gasteiger partial charge in [-0.2, -0.15) is 0 Å². The summed E-state index contributed by atoms with van der Waals surface area (Å²) < 4.78 is 0. The van der Waals surface area contributed by atoms with Gasteiger partial charge in [-0.05, 0) is 12.5 Å². The molecule has 8 heavy (non-hydrogen) atoms. The Kier molecular flexibility index (Phi) is 5.50. The van der Waals surface area contributed by atoms with Gasteiger partial charge in [-0.15, -0.1) is 0 Å². The number of rotatable bonds is 3. The Balaban J connectivity index is 3.26. The normalized spacial score (nSPS) is 11.1. The fourth-order valence-electron chi connectivity index (χ4n) is 0.324. The Labute approximate surface area is 49.7 Å². The summed E-state index contributed by atoms with van der Waals surface area (Å²) in [4.78, 5) is 9.65. The molecule has 0 atom stereocenters. The van der Waals surface area contributed by atoms with E-state index in [4.69, 9.17) is 0 Å². The Morgan fingerprint density at radius 3 is 2.50 bits per heavy atom. The van der Waals surface area contributed by atoms with Crippen molar-refractivity contribution in [1.29, 1.82) is 0 Å². The molecule has 0 aromatic carbocycles. The molecule has 0 rings (SSSR count). The van der Waals surface area contributed by atoms with Crippen LogP contribution in [0.3, 0.4) is 0 Å². The van der Waals surface area contributed by atoms with E-state index < -0.39 is 0 Å². The minimum Gasteiger partial charge on any atom is -0.299 e. The molecule has 0 saturated heterocycles. The van der Waals surface area contributed by atoms with Gasteiger partial charge in [-0.3, -0.25) is 4.79 Å². The molecule has 0 bridgehead atoms. The average Bonchev–Trinajstić information content (AvgIpc) is 1.81. The van der Waals surface area contributed by atoms with Gasteiger partial charge < -0.3 is 0 Å². The van der Waals surface area contributed by atoms with Crippen molar-refractivity contribution >= 4 is 6.29 Å². The Morgan fingerprint density at radius 2 is 2.00 bits per heavy atom. The molecule has 0 fully saturated rings. The maximum atomic E-state index is 9.65. The number of aldehydes is 1. The molecule has 0 radical (unpaired) electrons. The molecule has 0 aliphatic heterocycles. The Morgan fingerprint density at radius 1 is 1.25 bits per heavy atom. The summed E-state index contributed by atoms with van der Waals surface area (Å²) in [5, 5.41) is 0. The van der Waals surface area contributed by atoms with Crippen molar-refractivity contribution < 1.29 is 4.79 Å². The topological polar surface area (TPSA) is 17.1 Å². The van der Waals surface area contributed by atoms with E-state index >= 15 is 0 Å². The Bertz CT molecular complexity index is 101. The van der Waals surface area contributed by atoms with Gasteiger partial charge in [0.25, 0.3) is 0 Å². The lowest BCUT2D eigenvalue weighted by Gasteiger charge is -1.70. The zero-order chi connectivity index (χ0) is 6.24. The van der Waals surface area contributed by atoms with Crippen LogP contribution in [0.5, 0.6) is 0 Å². The zero-order valence-electron chi connectivity index (χ0n) is 5.00. The van der Waals surface area contributed by atoms with E-state index in [1.807, 2.05) is 19.1 Å². The summed E-state index contributed by atoms with van der Waals surface area (Å²) >= 11 is 0. The molecule has 0 aromatic heterocycles. The molecule has 1 heteroatoms. The number of allylic oxidation sites excluding steroid dienone is 4. The molecular weight excluding hydrogens is 100 g/mol. The molecule has 0 amide bonds. The smallest absolute Gasteiger partial charge is 0.142 e. The third kappa shape index (κ3) is 5.15. The van der Waals surface area contributed by atoms with Crippen LogP contribution in [-0.4, -0.2) is 6.29 Å². The van der Waals surface area contributed by atoms with Gasteiger partial charge in [-0.1, -0.05) is 25.2 Å². The van der Waals surface area contributed by atoms with Gasteiger partial charge >= 0.3 is 0 Å². The van der Waals surface area contributed by atoms with E-state index in [2.05, 4.69) is 0 Å². The van der Waals surface area contributed by atoms with Crippen molar-refractivity contribution in [3.8, 4) is 0 Å². The number of hydrogen-bond donors (Lipinski definition) is 0. The molecule has 0 spiro atoms. The van der Waals surface area contributed by atoms with Gasteiger partial charge in [0, 0.05) is 0 Å². The van der Waals surface area contributed by atoms with Crippen LogP contribution in [0.1, 0.15) is 13.3 Å². The van der Waals surface area contributed by atoms with Crippen molar-refractivity contribution in [3.05, 3.63) is 24.3 Å².